The van der Waals surface area contributed by atoms with Gasteiger partial charge in [-0.2, -0.15) is 0 Å². The van der Waals surface area contributed by atoms with Crippen LogP contribution in [0.25, 0.3) is 33.4 Å². The highest BCUT2D eigenvalue weighted by Crippen LogP contribution is 2.27. The Morgan fingerprint density at radius 1 is 0.926 bits per heavy atom. The van der Waals surface area contributed by atoms with E-state index in [1.54, 1.807) is 31.3 Å². The van der Waals surface area contributed by atoms with Crippen LogP contribution < -0.4 is 10.3 Å². The van der Waals surface area contributed by atoms with Crippen LogP contribution >= 0.6 is 0 Å². The zero-order valence-electron chi connectivity index (χ0n) is 14.9. The first-order chi connectivity index (χ1) is 13.1. The van der Waals surface area contributed by atoms with Crippen LogP contribution in [0.2, 0.25) is 0 Å². The third-order valence-electron chi connectivity index (χ3n) is 4.59. The number of nitrogens with zero attached hydrogens (tertiary/aromatic N) is 2. The summed E-state index contributed by atoms with van der Waals surface area (Å²) in [6.45, 7) is 0. The molecule has 1 heterocycles. The SMILES string of the molecule is COc1ccc(-c2ccc3nc(-c4ccccc4)n(C)c(=O)c3c2)cc1F. The van der Waals surface area contributed by atoms with Crippen molar-refractivity contribution >= 4 is 10.9 Å². The molecule has 4 nitrogen and oxygen atoms in total. The average Bonchev–Trinajstić information content (AvgIpc) is 2.71. The quantitative estimate of drug-likeness (QED) is 0.543. The van der Waals surface area contributed by atoms with E-state index in [0.29, 0.717) is 22.3 Å². The van der Waals surface area contributed by atoms with Gasteiger partial charge in [-0.25, -0.2) is 9.37 Å². The van der Waals surface area contributed by atoms with Crippen LogP contribution in [0.15, 0.2) is 71.5 Å². The van der Waals surface area contributed by atoms with E-state index in [2.05, 4.69) is 4.98 Å². The van der Waals surface area contributed by atoms with Crippen LogP contribution in [0.4, 0.5) is 4.39 Å². The molecule has 5 heteroatoms. The highest BCUT2D eigenvalue weighted by atomic mass is 19.1. The van der Waals surface area contributed by atoms with E-state index in [0.717, 1.165) is 11.1 Å². The second-order valence-electron chi connectivity index (χ2n) is 6.25. The summed E-state index contributed by atoms with van der Waals surface area (Å²) in [7, 11) is 3.13. The fourth-order valence-electron chi connectivity index (χ4n) is 3.14. The lowest BCUT2D eigenvalue weighted by atomic mass is 10.0. The van der Waals surface area contributed by atoms with Gasteiger partial charge in [0.25, 0.3) is 5.56 Å². The van der Waals surface area contributed by atoms with E-state index in [-0.39, 0.29) is 11.3 Å². The molecule has 4 rings (SSSR count). The lowest BCUT2D eigenvalue weighted by Gasteiger charge is -2.11. The lowest BCUT2D eigenvalue weighted by molar-refractivity contribution is 0.386. The first kappa shape index (κ1) is 17.0. The summed E-state index contributed by atoms with van der Waals surface area (Å²) in [5.41, 5.74) is 2.75. The van der Waals surface area contributed by atoms with E-state index >= 15 is 0 Å². The Labute approximate surface area is 155 Å². The molecule has 0 aliphatic heterocycles. The Morgan fingerprint density at radius 2 is 1.63 bits per heavy atom. The summed E-state index contributed by atoms with van der Waals surface area (Å²) < 4.78 is 20.5. The number of hydrogen-bond acceptors (Lipinski definition) is 3. The molecule has 0 atom stereocenters. The Bertz CT molecular complexity index is 1200. The normalized spacial score (nSPS) is 10.9. The molecule has 0 fully saturated rings. The van der Waals surface area contributed by atoms with E-state index in [1.807, 2.05) is 36.4 Å². The molecule has 0 radical (unpaired) electrons. The van der Waals surface area contributed by atoms with E-state index in [1.165, 1.54) is 17.7 Å². The van der Waals surface area contributed by atoms with Gasteiger partial charge in [0, 0.05) is 12.6 Å². The van der Waals surface area contributed by atoms with Crippen molar-refractivity contribution in [1.29, 1.82) is 0 Å². The molecular weight excluding hydrogens is 343 g/mol. The van der Waals surface area contributed by atoms with Crippen molar-refractivity contribution in [3.05, 3.63) is 82.9 Å². The maximum absolute atomic E-state index is 14.0. The highest BCUT2D eigenvalue weighted by molar-refractivity contribution is 5.85. The van der Waals surface area contributed by atoms with Gasteiger partial charge in [0.1, 0.15) is 5.82 Å². The summed E-state index contributed by atoms with van der Waals surface area (Å²) in [5.74, 6) is 0.349. The Morgan fingerprint density at radius 3 is 2.33 bits per heavy atom. The van der Waals surface area contributed by atoms with Gasteiger partial charge in [-0.3, -0.25) is 9.36 Å². The summed E-state index contributed by atoms with van der Waals surface area (Å²) in [4.78, 5) is 17.6. The zero-order chi connectivity index (χ0) is 19.0. The van der Waals surface area contributed by atoms with Crippen molar-refractivity contribution in [3.63, 3.8) is 0 Å². The van der Waals surface area contributed by atoms with Gasteiger partial charge in [-0.15, -0.1) is 0 Å². The molecule has 0 saturated heterocycles. The summed E-state index contributed by atoms with van der Waals surface area (Å²) in [5, 5.41) is 0.492. The molecule has 0 aliphatic rings. The van der Waals surface area contributed by atoms with Gasteiger partial charge in [-0.05, 0) is 35.4 Å². The van der Waals surface area contributed by atoms with Crippen molar-refractivity contribution in [2.45, 2.75) is 0 Å². The number of benzene rings is 3. The van der Waals surface area contributed by atoms with Crippen LogP contribution in [0.3, 0.4) is 0 Å². The highest BCUT2D eigenvalue weighted by Gasteiger charge is 2.12. The van der Waals surface area contributed by atoms with Crippen molar-refractivity contribution in [2.75, 3.05) is 7.11 Å². The fraction of sp³-hybridized carbons (Fsp3) is 0.0909. The molecule has 1 aromatic heterocycles. The van der Waals surface area contributed by atoms with Crippen molar-refractivity contribution < 1.29 is 9.13 Å². The first-order valence-corrected chi connectivity index (χ1v) is 8.48. The molecule has 0 spiro atoms. The molecule has 0 unspecified atom stereocenters. The number of ether oxygens (including phenoxy) is 1. The van der Waals surface area contributed by atoms with Crippen LogP contribution in [0.5, 0.6) is 5.75 Å². The molecule has 0 N–H and O–H groups in total. The third kappa shape index (κ3) is 2.97. The largest absolute Gasteiger partial charge is 0.494 e. The third-order valence-corrected chi connectivity index (χ3v) is 4.59. The Balaban J connectivity index is 1.88. The second kappa shape index (κ2) is 6.68. The molecule has 0 amide bonds. The van der Waals surface area contributed by atoms with E-state index in [9.17, 15) is 9.18 Å². The number of methoxy groups -OCH3 is 1. The van der Waals surface area contributed by atoms with E-state index < -0.39 is 5.82 Å². The van der Waals surface area contributed by atoms with Crippen molar-refractivity contribution in [2.24, 2.45) is 7.05 Å². The summed E-state index contributed by atoms with van der Waals surface area (Å²) in [6.07, 6.45) is 0. The molecule has 0 bridgehead atoms. The molecular formula is C22H17FN2O2. The smallest absolute Gasteiger partial charge is 0.261 e. The number of rotatable bonds is 3. The monoisotopic (exact) mass is 360 g/mol. The van der Waals surface area contributed by atoms with E-state index in [4.69, 9.17) is 4.74 Å². The molecule has 0 saturated carbocycles. The van der Waals surface area contributed by atoms with Crippen molar-refractivity contribution in [1.82, 2.24) is 9.55 Å². The number of fused-ring (bicyclic) bond motifs is 1. The standard InChI is InChI=1S/C22H17FN2O2/c1-25-21(14-6-4-3-5-7-14)24-19-10-8-15(12-17(19)22(25)26)16-9-11-20(27-2)18(23)13-16/h3-13H,1-2H3. The molecule has 134 valence electrons. The van der Waals surface area contributed by atoms with Crippen LogP contribution in [0, 0.1) is 5.82 Å². The predicted octanol–water partition coefficient (Wildman–Crippen LogP) is 4.42. The molecule has 4 aromatic rings. The van der Waals surface area contributed by atoms with Gasteiger partial charge in [-0.1, -0.05) is 42.5 Å². The molecule has 3 aromatic carbocycles. The van der Waals surface area contributed by atoms with Crippen LogP contribution in [-0.2, 0) is 7.05 Å². The zero-order valence-corrected chi connectivity index (χ0v) is 14.9. The maximum atomic E-state index is 14.0. The molecule has 27 heavy (non-hydrogen) atoms. The van der Waals surface area contributed by atoms with Gasteiger partial charge < -0.3 is 4.74 Å². The Hall–Kier alpha value is -3.47. The van der Waals surface area contributed by atoms with Gasteiger partial charge in [0.15, 0.2) is 11.6 Å². The Kier molecular flexibility index (Phi) is 4.20. The van der Waals surface area contributed by atoms with Crippen LogP contribution in [0.1, 0.15) is 0 Å². The van der Waals surface area contributed by atoms with Gasteiger partial charge >= 0.3 is 0 Å². The fourth-order valence-corrected chi connectivity index (χ4v) is 3.14. The topological polar surface area (TPSA) is 44.1 Å². The minimum Gasteiger partial charge on any atom is -0.494 e. The number of halogens is 1. The van der Waals surface area contributed by atoms with Gasteiger partial charge in [0.2, 0.25) is 0 Å². The van der Waals surface area contributed by atoms with Gasteiger partial charge in [0.05, 0.1) is 18.0 Å². The number of hydrogen-bond donors (Lipinski definition) is 0. The maximum Gasteiger partial charge on any atom is 0.261 e. The average molecular weight is 360 g/mol. The first-order valence-electron chi connectivity index (χ1n) is 8.48. The lowest BCUT2D eigenvalue weighted by Crippen LogP contribution is -2.20. The minimum atomic E-state index is -0.444. The minimum absolute atomic E-state index is 0.144. The summed E-state index contributed by atoms with van der Waals surface area (Å²) in [6, 6.07) is 19.7. The van der Waals surface area contributed by atoms with Crippen LogP contribution in [-0.4, -0.2) is 16.7 Å². The second-order valence-corrected chi connectivity index (χ2v) is 6.25. The number of aromatic nitrogens is 2. The van der Waals surface area contributed by atoms with Crippen molar-refractivity contribution in [3.8, 4) is 28.3 Å². The predicted molar refractivity (Wildman–Crippen MR) is 104 cm³/mol. The molecule has 0 aliphatic carbocycles. The summed E-state index contributed by atoms with van der Waals surface area (Å²) >= 11 is 0.